The van der Waals surface area contributed by atoms with E-state index in [1.54, 1.807) is 22.6 Å². The molecular formula is C8H6F4INO2. The van der Waals surface area contributed by atoms with Crippen molar-refractivity contribution in [3.8, 4) is 11.5 Å². The normalized spacial score (nSPS) is 11.4. The highest BCUT2D eigenvalue weighted by Gasteiger charge is 2.34. The van der Waals surface area contributed by atoms with E-state index in [4.69, 9.17) is 4.74 Å². The molecule has 1 rings (SSSR count). The van der Waals surface area contributed by atoms with Crippen LogP contribution in [0.5, 0.6) is 11.5 Å². The fourth-order valence-corrected chi connectivity index (χ4v) is 1.73. The van der Waals surface area contributed by atoms with Gasteiger partial charge in [0.15, 0.2) is 11.5 Å². The van der Waals surface area contributed by atoms with E-state index in [-0.39, 0.29) is 9.32 Å². The summed E-state index contributed by atoms with van der Waals surface area (Å²) in [4.78, 5) is 3.48. The molecule has 1 aromatic heterocycles. The van der Waals surface area contributed by atoms with E-state index in [2.05, 4.69) is 9.72 Å². The minimum absolute atomic E-state index is 0.0278. The van der Waals surface area contributed by atoms with Gasteiger partial charge in [-0.3, -0.25) is 4.98 Å². The van der Waals surface area contributed by atoms with Gasteiger partial charge in [-0.2, -0.15) is 0 Å². The molecule has 0 bridgehead atoms. The van der Waals surface area contributed by atoms with Crippen molar-refractivity contribution in [1.29, 1.82) is 0 Å². The van der Waals surface area contributed by atoms with Crippen LogP contribution < -0.4 is 9.47 Å². The molecule has 1 heterocycles. The van der Waals surface area contributed by atoms with Crippen LogP contribution in [-0.2, 0) is 6.67 Å². The van der Waals surface area contributed by atoms with E-state index in [0.29, 0.717) is 0 Å². The lowest BCUT2D eigenvalue weighted by molar-refractivity contribution is -0.275. The second kappa shape index (κ2) is 5.02. The Hall–Kier alpha value is -0.800. The van der Waals surface area contributed by atoms with Gasteiger partial charge in [0.25, 0.3) is 0 Å². The van der Waals surface area contributed by atoms with Crippen LogP contribution in [0.15, 0.2) is 6.20 Å². The fourth-order valence-electron chi connectivity index (χ4n) is 0.947. The summed E-state index contributed by atoms with van der Waals surface area (Å²) in [6, 6.07) is 0. The zero-order valence-corrected chi connectivity index (χ0v) is 10.1. The summed E-state index contributed by atoms with van der Waals surface area (Å²) in [5.41, 5.74) is -0.414. The summed E-state index contributed by atoms with van der Waals surface area (Å²) < 4.78 is 57.1. The molecule has 0 saturated heterocycles. The molecule has 0 N–H and O–H groups in total. The van der Waals surface area contributed by atoms with Crippen LogP contribution in [0, 0.1) is 3.57 Å². The Labute approximate surface area is 102 Å². The van der Waals surface area contributed by atoms with Crippen LogP contribution in [0.1, 0.15) is 5.69 Å². The topological polar surface area (TPSA) is 31.4 Å². The van der Waals surface area contributed by atoms with E-state index in [1.807, 2.05) is 0 Å². The van der Waals surface area contributed by atoms with E-state index in [0.717, 1.165) is 6.20 Å². The largest absolute Gasteiger partial charge is 0.573 e. The maximum Gasteiger partial charge on any atom is 0.573 e. The SMILES string of the molecule is COc1cnc(CF)c(OC(F)(F)F)c1I. The number of aromatic nitrogens is 1. The number of halogens is 5. The van der Waals surface area contributed by atoms with Gasteiger partial charge in [-0.05, 0) is 22.6 Å². The van der Waals surface area contributed by atoms with Gasteiger partial charge in [-0.25, -0.2) is 4.39 Å². The Balaban J connectivity index is 3.21. The molecule has 8 heteroatoms. The fraction of sp³-hybridized carbons (Fsp3) is 0.375. The molecule has 0 fully saturated rings. The van der Waals surface area contributed by atoms with Gasteiger partial charge in [0.05, 0.1) is 13.3 Å². The molecule has 1 aromatic rings. The molecular weight excluding hydrogens is 345 g/mol. The number of hydrogen-bond acceptors (Lipinski definition) is 3. The van der Waals surface area contributed by atoms with E-state index in [9.17, 15) is 17.6 Å². The van der Waals surface area contributed by atoms with Crippen molar-refractivity contribution >= 4 is 22.6 Å². The maximum atomic E-state index is 12.4. The van der Waals surface area contributed by atoms with E-state index >= 15 is 0 Å². The van der Waals surface area contributed by atoms with Gasteiger partial charge >= 0.3 is 6.36 Å². The van der Waals surface area contributed by atoms with Crippen molar-refractivity contribution in [1.82, 2.24) is 4.98 Å². The van der Waals surface area contributed by atoms with Gasteiger partial charge in [-0.1, -0.05) is 0 Å². The molecule has 0 aliphatic carbocycles. The molecule has 0 unspecified atom stereocenters. The highest BCUT2D eigenvalue weighted by Crippen LogP contribution is 2.35. The molecule has 3 nitrogen and oxygen atoms in total. The first-order valence-electron chi connectivity index (χ1n) is 3.92. The number of rotatable bonds is 3. The number of alkyl halides is 4. The lowest BCUT2D eigenvalue weighted by atomic mass is 10.3. The van der Waals surface area contributed by atoms with Crippen LogP contribution in [-0.4, -0.2) is 18.5 Å². The third-order valence-corrected chi connectivity index (χ3v) is 2.60. The molecule has 16 heavy (non-hydrogen) atoms. The highest BCUT2D eigenvalue weighted by molar-refractivity contribution is 14.1. The molecule has 0 saturated carbocycles. The average molecular weight is 351 g/mol. The summed E-state index contributed by atoms with van der Waals surface area (Å²) in [5.74, 6) is -0.563. The highest BCUT2D eigenvalue weighted by atomic mass is 127. The standard InChI is InChI=1S/C8H6F4INO2/c1-15-5-3-14-4(2-9)7(6(5)13)16-8(10,11)12/h3H,2H2,1H3. The van der Waals surface area contributed by atoms with Crippen LogP contribution in [0.4, 0.5) is 17.6 Å². The second-order valence-electron chi connectivity index (χ2n) is 2.60. The molecule has 90 valence electrons. The van der Waals surface area contributed by atoms with Crippen molar-refractivity contribution < 1.29 is 27.0 Å². The lowest BCUT2D eigenvalue weighted by Gasteiger charge is -2.14. The first kappa shape index (κ1) is 13.3. The molecule has 0 amide bonds. The molecule has 0 radical (unpaired) electrons. The number of methoxy groups -OCH3 is 1. The Morgan fingerprint density at radius 1 is 1.44 bits per heavy atom. The predicted octanol–water partition coefficient (Wildman–Crippen LogP) is 3.06. The third-order valence-electron chi connectivity index (χ3n) is 1.58. The van der Waals surface area contributed by atoms with Gasteiger partial charge in [0, 0.05) is 0 Å². The Bertz CT molecular complexity index is 383. The van der Waals surface area contributed by atoms with Crippen molar-refractivity contribution in [2.75, 3.05) is 7.11 Å². The van der Waals surface area contributed by atoms with Gasteiger partial charge in [0.2, 0.25) is 0 Å². The van der Waals surface area contributed by atoms with Crippen LogP contribution in [0.2, 0.25) is 0 Å². The van der Waals surface area contributed by atoms with Crippen molar-refractivity contribution in [2.45, 2.75) is 13.0 Å². The number of hydrogen-bond donors (Lipinski definition) is 0. The number of nitrogens with zero attached hydrogens (tertiary/aromatic N) is 1. The Kier molecular flexibility index (Phi) is 4.16. The van der Waals surface area contributed by atoms with Crippen molar-refractivity contribution in [3.05, 3.63) is 15.5 Å². The van der Waals surface area contributed by atoms with Crippen LogP contribution in [0.25, 0.3) is 0 Å². The molecule has 0 aromatic carbocycles. The summed E-state index contributed by atoms with van der Waals surface area (Å²) in [5, 5.41) is 0. The molecule has 0 aliphatic heterocycles. The van der Waals surface area contributed by atoms with E-state index in [1.165, 1.54) is 7.11 Å². The summed E-state index contributed by atoms with van der Waals surface area (Å²) >= 11 is 1.57. The summed E-state index contributed by atoms with van der Waals surface area (Å²) in [7, 11) is 1.27. The van der Waals surface area contributed by atoms with E-state index < -0.39 is 24.5 Å². The molecule has 0 spiro atoms. The monoisotopic (exact) mass is 351 g/mol. The zero-order valence-electron chi connectivity index (χ0n) is 7.94. The molecule has 0 aliphatic rings. The lowest BCUT2D eigenvalue weighted by Crippen LogP contribution is -2.19. The number of ether oxygens (including phenoxy) is 2. The minimum atomic E-state index is -4.89. The van der Waals surface area contributed by atoms with Gasteiger partial charge in [0.1, 0.15) is 15.9 Å². The smallest absolute Gasteiger partial charge is 0.494 e. The molecule has 0 atom stereocenters. The first-order chi connectivity index (χ1) is 7.39. The van der Waals surface area contributed by atoms with Gasteiger partial charge < -0.3 is 9.47 Å². The summed E-state index contributed by atoms with van der Waals surface area (Å²) in [6.07, 6.45) is -3.75. The Morgan fingerprint density at radius 2 is 2.06 bits per heavy atom. The predicted molar refractivity (Wildman–Crippen MR) is 55.0 cm³/mol. The maximum absolute atomic E-state index is 12.4. The van der Waals surface area contributed by atoms with Crippen LogP contribution in [0.3, 0.4) is 0 Å². The second-order valence-corrected chi connectivity index (χ2v) is 3.68. The quantitative estimate of drug-likeness (QED) is 0.620. The Morgan fingerprint density at radius 3 is 2.50 bits per heavy atom. The number of pyridine rings is 1. The van der Waals surface area contributed by atoms with Crippen molar-refractivity contribution in [2.24, 2.45) is 0 Å². The summed E-state index contributed by atoms with van der Waals surface area (Å²) in [6.45, 7) is -1.15. The first-order valence-corrected chi connectivity index (χ1v) is 5.00. The van der Waals surface area contributed by atoms with Crippen LogP contribution >= 0.6 is 22.6 Å². The minimum Gasteiger partial charge on any atom is -0.494 e. The third kappa shape index (κ3) is 3.09. The van der Waals surface area contributed by atoms with Gasteiger partial charge in [-0.15, -0.1) is 13.2 Å². The zero-order chi connectivity index (χ0) is 12.3. The van der Waals surface area contributed by atoms with Crippen molar-refractivity contribution in [3.63, 3.8) is 0 Å². The average Bonchev–Trinajstić information content (AvgIpc) is 2.19.